The largest absolute Gasteiger partial charge is 0.374 e. The molecule has 1 aromatic carbocycles. The van der Waals surface area contributed by atoms with Crippen molar-refractivity contribution in [1.29, 1.82) is 0 Å². The number of benzene rings is 1. The van der Waals surface area contributed by atoms with E-state index in [0.717, 1.165) is 43.5 Å². The first kappa shape index (κ1) is 13.1. The summed E-state index contributed by atoms with van der Waals surface area (Å²) >= 11 is 0. The minimum atomic E-state index is -0.379. The Balaban J connectivity index is 2.09. The van der Waals surface area contributed by atoms with Crippen molar-refractivity contribution in [3.05, 3.63) is 29.8 Å². The second-order valence-corrected chi connectivity index (χ2v) is 4.89. The number of aliphatic hydroxyl groups excluding tert-OH is 1. The number of nitrogens with zero attached hydrogens (tertiary/aromatic N) is 1. The quantitative estimate of drug-likeness (QED) is 0.831. The molecule has 0 amide bonds. The predicted octanol–water partition coefficient (Wildman–Crippen LogP) is 2.98. The van der Waals surface area contributed by atoms with Crippen LogP contribution in [-0.2, 0) is 0 Å². The molecule has 1 unspecified atom stereocenters. The van der Waals surface area contributed by atoms with E-state index in [4.69, 9.17) is 0 Å². The van der Waals surface area contributed by atoms with E-state index in [-0.39, 0.29) is 12.0 Å². The van der Waals surface area contributed by atoms with Crippen LogP contribution in [0.2, 0.25) is 0 Å². The van der Waals surface area contributed by atoms with Crippen LogP contribution in [-0.4, -0.2) is 23.7 Å². The number of hydrogen-bond acceptors (Lipinski definition) is 3. The molecule has 1 N–H and O–H groups in total. The molecule has 1 atom stereocenters. The van der Waals surface area contributed by atoms with E-state index in [1.807, 2.05) is 36.1 Å². The summed E-state index contributed by atoms with van der Waals surface area (Å²) in [6.07, 6.45) is 4.14. The fourth-order valence-electron chi connectivity index (χ4n) is 2.43. The summed E-state index contributed by atoms with van der Waals surface area (Å²) in [5.41, 5.74) is 1.78. The Hall–Kier alpha value is -1.35. The molecule has 1 aromatic rings. The molecule has 0 spiro atoms. The summed E-state index contributed by atoms with van der Waals surface area (Å²) < 4.78 is 0. The lowest BCUT2D eigenvalue weighted by atomic mass is 10.0. The fourth-order valence-corrected chi connectivity index (χ4v) is 2.43. The smallest absolute Gasteiger partial charge is 0.162 e. The zero-order chi connectivity index (χ0) is 13.0. The highest BCUT2D eigenvalue weighted by atomic mass is 16.3. The number of carbonyl (C=O) groups excluding carboxylic acids is 1. The van der Waals surface area contributed by atoms with Gasteiger partial charge in [-0.1, -0.05) is 6.92 Å². The Kier molecular flexibility index (Phi) is 4.37. The van der Waals surface area contributed by atoms with E-state index in [0.29, 0.717) is 6.42 Å². The van der Waals surface area contributed by atoms with Crippen LogP contribution in [0.15, 0.2) is 24.3 Å². The molecule has 0 aromatic heterocycles. The normalized spacial score (nSPS) is 19.9. The van der Waals surface area contributed by atoms with Gasteiger partial charge >= 0.3 is 0 Å². The Morgan fingerprint density at radius 3 is 2.67 bits per heavy atom. The van der Waals surface area contributed by atoms with Gasteiger partial charge in [-0.15, -0.1) is 0 Å². The molecule has 1 fully saturated rings. The lowest BCUT2D eigenvalue weighted by molar-refractivity contribution is 0.0982. The summed E-state index contributed by atoms with van der Waals surface area (Å²) in [4.78, 5) is 13.7. The average molecular weight is 247 g/mol. The number of anilines is 1. The number of Topliss-reactive ketones (excluding diaryl/α,β-unsaturated/α-hetero) is 1. The van der Waals surface area contributed by atoms with Gasteiger partial charge < -0.3 is 10.0 Å². The Morgan fingerprint density at radius 1 is 1.33 bits per heavy atom. The van der Waals surface area contributed by atoms with Crippen molar-refractivity contribution in [3.63, 3.8) is 0 Å². The molecule has 98 valence electrons. The maximum atomic E-state index is 11.7. The Bertz CT molecular complexity index is 399. The molecule has 3 heteroatoms. The van der Waals surface area contributed by atoms with Gasteiger partial charge in [0.25, 0.3) is 0 Å². The number of piperidine rings is 1. The van der Waals surface area contributed by atoms with E-state index in [1.165, 1.54) is 0 Å². The van der Waals surface area contributed by atoms with E-state index in [9.17, 15) is 9.90 Å². The van der Waals surface area contributed by atoms with E-state index >= 15 is 0 Å². The Labute approximate surface area is 108 Å². The van der Waals surface area contributed by atoms with Crippen LogP contribution in [0.4, 0.5) is 5.69 Å². The van der Waals surface area contributed by atoms with Gasteiger partial charge in [0.05, 0.1) is 0 Å². The molecule has 1 aliphatic heterocycles. The van der Waals surface area contributed by atoms with Crippen molar-refractivity contribution in [2.45, 2.75) is 45.3 Å². The van der Waals surface area contributed by atoms with Gasteiger partial charge in [-0.05, 0) is 49.9 Å². The molecule has 3 nitrogen and oxygen atoms in total. The third-order valence-electron chi connectivity index (χ3n) is 3.47. The number of rotatable bonds is 4. The second kappa shape index (κ2) is 6.01. The molecule has 0 bridgehead atoms. The minimum Gasteiger partial charge on any atom is -0.374 e. The maximum Gasteiger partial charge on any atom is 0.162 e. The SMILES string of the molecule is CCCC(=O)c1ccc(N2CCCCC2O)cc1. The zero-order valence-corrected chi connectivity index (χ0v) is 10.9. The first-order valence-electron chi connectivity index (χ1n) is 6.80. The standard InChI is InChI=1S/C15H21NO2/c1-2-5-14(17)12-7-9-13(10-8-12)16-11-4-3-6-15(16)18/h7-10,15,18H,2-6,11H2,1H3. The van der Waals surface area contributed by atoms with Crippen molar-refractivity contribution in [2.75, 3.05) is 11.4 Å². The van der Waals surface area contributed by atoms with Crippen molar-refractivity contribution in [3.8, 4) is 0 Å². The molecule has 1 aliphatic rings. The van der Waals surface area contributed by atoms with Crippen LogP contribution >= 0.6 is 0 Å². The van der Waals surface area contributed by atoms with Gasteiger partial charge in [-0.25, -0.2) is 0 Å². The summed E-state index contributed by atoms with van der Waals surface area (Å²) in [6.45, 7) is 2.90. The highest BCUT2D eigenvalue weighted by Gasteiger charge is 2.20. The van der Waals surface area contributed by atoms with Gasteiger partial charge in [0.15, 0.2) is 5.78 Å². The van der Waals surface area contributed by atoms with Gasteiger partial charge in [0.2, 0.25) is 0 Å². The number of aliphatic hydroxyl groups is 1. The molecule has 18 heavy (non-hydrogen) atoms. The summed E-state index contributed by atoms with van der Waals surface area (Å²) in [5.74, 6) is 0.197. The van der Waals surface area contributed by atoms with Crippen LogP contribution in [0.25, 0.3) is 0 Å². The molecular weight excluding hydrogens is 226 g/mol. The van der Waals surface area contributed by atoms with Crippen molar-refractivity contribution in [1.82, 2.24) is 0 Å². The van der Waals surface area contributed by atoms with Crippen LogP contribution in [0.1, 0.15) is 49.4 Å². The molecular formula is C15H21NO2. The third-order valence-corrected chi connectivity index (χ3v) is 3.47. The van der Waals surface area contributed by atoms with Gasteiger partial charge in [0, 0.05) is 24.2 Å². The number of hydrogen-bond donors (Lipinski definition) is 1. The summed E-state index contributed by atoms with van der Waals surface area (Å²) in [7, 11) is 0. The monoisotopic (exact) mass is 247 g/mol. The topological polar surface area (TPSA) is 40.5 Å². The van der Waals surface area contributed by atoms with E-state index < -0.39 is 0 Å². The van der Waals surface area contributed by atoms with Gasteiger partial charge in [-0.3, -0.25) is 4.79 Å². The van der Waals surface area contributed by atoms with Crippen LogP contribution in [0.3, 0.4) is 0 Å². The second-order valence-electron chi connectivity index (χ2n) is 4.89. The van der Waals surface area contributed by atoms with Crippen LogP contribution in [0.5, 0.6) is 0 Å². The highest BCUT2D eigenvalue weighted by Crippen LogP contribution is 2.24. The van der Waals surface area contributed by atoms with Crippen molar-refractivity contribution >= 4 is 11.5 Å². The molecule has 0 saturated carbocycles. The zero-order valence-electron chi connectivity index (χ0n) is 10.9. The lowest BCUT2D eigenvalue weighted by Gasteiger charge is -2.34. The molecule has 0 radical (unpaired) electrons. The fraction of sp³-hybridized carbons (Fsp3) is 0.533. The predicted molar refractivity (Wildman–Crippen MR) is 72.9 cm³/mol. The average Bonchev–Trinajstić information content (AvgIpc) is 2.40. The Morgan fingerprint density at radius 2 is 2.06 bits per heavy atom. The molecule has 1 saturated heterocycles. The van der Waals surface area contributed by atoms with Crippen LogP contribution < -0.4 is 4.90 Å². The van der Waals surface area contributed by atoms with Gasteiger partial charge in [-0.2, -0.15) is 0 Å². The number of carbonyl (C=O) groups is 1. The lowest BCUT2D eigenvalue weighted by Crippen LogP contribution is -2.39. The molecule has 1 heterocycles. The van der Waals surface area contributed by atoms with E-state index in [1.54, 1.807) is 0 Å². The first-order chi connectivity index (χ1) is 8.72. The van der Waals surface area contributed by atoms with Gasteiger partial charge in [0.1, 0.15) is 6.23 Å². The highest BCUT2D eigenvalue weighted by molar-refractivity contribution is 5.96. The summed E-state index contributed by atoms with van der Waals surface area (Å²) in [6, 6.07) is 7.62. The maximum absolute atomic E-state index is 11.7. The summed E-state index contributed by atoms with van der Waals surface area (Å²) in [5, 5.41) is 9.94. The first-order valence-corrected chi connectivity index (χ1v) is 6.80. The minimum absolute atomic E-state index is 0.197. The molecule has 2 rings (SSSR count). The molecule has 0 aliphatic carbocycles. The van der Waals surface area contributed by atoms with Crippen molar-refractivity contribution in [2.24, 2.45) is 0 Å². The van der Waals surface area contributed by atoms with E-state index in [2.05, 4.69) is 0 Å². The van der Waals surface area contributed by atoms with Crippen LogP contribution in [0, 0.1) is 0 Å². The van der Waals surface area contributed by atoms with Crippen molar-refractivity contribution < 1.29 is 9.90 Å². The third kappa shape index (κ3) is 2.91. The number of ketones is 1.